The third-order valence-electron chi connectivity index (χ3n) is 2.43. The summed E-state index contributed by atoms with van der Waals surface area (Å²) in [7, 11) is 0. The second-order valence-corrected chi connectivity index (χ2v) is 4.88. The van der Waals surface area contributed by atoms with Crippen molar-refractivity contribution >= 4 is 27.5 Å². The quantitative estimate of drug-likeness (QED) is 0.677. The monoisotopic (exact) mass is 298 g/mol. The highest BCUT2D eigenvalue weighted by Gasteiger charge is 2.11. The van der Waals surface area contributed by atoms with Crippen molar-refractivity contribution in [3.8, 4) is 11.1 Å². The van der Waals surface area contributed by atoms with E-state index in [0.717, 1.165) is 15.6 Å². The first-order valence-corrected chi connectivity index (χ1v) is 5.97. The molecule has 0 unspecified atom stereocenters. The number of hydrogen-bond acceptors (Lipinski definition) is 0. The molecule has 16 heavy (non-hydrogen) atoms. The molecular weight excluding hydrogens is 290 g/mol. The lowest BCUT2D eigenvalue weighted by molar-refractivity contribution is 0.631. The van der Waals surface area contributed by atoms with Crippen LogP contribution in [0.3, 0.4) is 0 Å². The topological polar surface area (TPSA) is 0 Å². The van der Waals surface area contributed by atoms with Gasteiger partial charge in [0.25, 0.3) is 0 Å². The second-order valence-electron chi connectivity index (χ2n) is 3.56. The highest BCUT2D eigenvalue weighted by molar-refractivity contribution is 9.10. The summed E-state index contributed by atoms with van der Waals surface area (Å²) in [6.45, 7) is 1.94. The van der Waals surface area contributed by atoms with Gasteiger partial charge in [0.15, 0.2) is 0 Å². The lowest BCUT2D eigenvalue weighted by Crippen LogP contribution is -1.89. The normalized spacial score (nSPS) is 10.5. The molecule has 0 radical (unpaired) electrons. The van der Waals surface area contributed by atoms with Gasteiger partial charge in [0, 0.05) is 10.0 Å². The molecule has 0 spiro atoms. The fourth-order valence-corrected chi connectivity index (χ4v) is 2.24. The highest BCUT2D eigenvalue weighted by atomic mass is 79.9. The van der Waals surface area contributed by atoms with Crippen molar-refractivity contribution in [3.63, 3.8) is 0 Å². The Morgan fingerprint density at radius 1 is 1.19 bits per heavy atom. The molecular formula is C13H9BrClF. The van der Waals surface area contributed by atoms with Gasteiger partial charge in [-0.05, 0) is 42.3 Å². The van der Waals surface area contributed by atoms with Gasteiger partial charge in [-0.3, -0.25) is 0 Å². The largest absolute Gasteiger partial charge is 0.206 e. The molecule has 0 N–H and O–H groups in total. The molecule has 0 amide bonds. The summed E-state index contributed by atoms with van der Waals surface area (Å²) in [5.74, 6) is -0.297. The third kappa shape index (κ3) is 2.13. The Balaban J connectivity index is 2.72. The lowest BCUT2D eigenvalue weighted by Gasteiger charge is -2.09. The molecule has 0 aliphatic heterocycles. The summed E-state index contributed by atoms with van der Waals surface area (Å²) >= 11 is 9.41. The first-order chi connectivity index (χ1) is 7.59. The average molecular weight is 300 g/mol. The van der Waals surface area contributed by atoms with Gasteiger partial charge in [0.2, 0.25) is 0 Å². The third-order valence-corrected chi connectivity index (χ3v) is 3.24. The minimum absolute atomic E-state index is 0.297. The van der Waals surface area contributed by atoms with E-state index in [0.29, 0.717) is 10.6 Å². The van der Waals surface area contributed by atoms with Crippen LogP contribution < -0.4 is 0 Å². The molecule has 0 saturated heterocycles. The fourth-order valence-electron chi connectivity index (χ4n) is 1.62. The van der Waals surface area contributed by atoms with Crippen molar-refractivity contribution in [2.75, 3.05) is 0 Å². The predicted octanol–water partition coefficient (Wildman–Crippen LogP) is 5.22. The zero-order valence-electron chi connectivity index (χ0n) is 8.60. The molecule has 0 heterocycles. The highest BCUT2D eigenvalue weighted by Crippen LogP contribution is 2.34. The summed E-state index contributed by atoms with van der Waals surface area (Å²) in [4.78, 5) is 0. The van der Waals surface area contributed by atoms with Crippen LogP contribution in [0, 0.1) is 12.7 Å². The maximum Gasteiger partial charge on any atom is 0.132 e. The van der Waals surface area contributed by atoms with Crippen LogP contribution in [-0.4, -0.2) is 0 Å². The van der Waals surface area contributed by atoms with E-state index in [2.05, 4.69) is 15.9 Å². The minimum atomic E-state index is -0.297. The maximum atomic E-state index is 13.7. The molecule has 82 valence electrons. The smallest absolute Gasteiger partial charge is 0.132 e. The Bertz CT molecular complexity index is 517. The van der Waals surface area contributed by atoms with E-state index >= 15 is 0 Å². The first-order valence-electron chi connectivity index (χ1n) is 4.80. The zero-order chi connectivity index (χ0) is 11.7. The van der Waals surface area contributed by atoms with Crippen molar-refractivity contribution in [3.05, 3.63) is 57.3 Å². The van der Waals surface area contributed by atoms with E-state index in [1.54, 1.807) is 12.1 Å². The standard InChI is InChI=1S/C13H9BrClF/c1-8-5-6-9(14)7-10(8)13-11(15)3-2-4-12(13)16/h2-7H,1H3. The average Bonchev–Trinajstić information content (AvgIpc) is 2.23. The lowest BCUT2D eigenvalue weighted by atomic mass is 10.0. The molecule has 2 aromatic rings. The molecule has 2 aromatic carbocycles. The zero-order valence-corrected chi connectivity index (χ0v) is 10.9. The Morgan fingerprint density at radius 2 is 1.94 bits per heavy atom. The van der Waals surface area contributed by atoms with Crippen LogP contribution in [-0.2, 0) is 0 Å². The van der Waals surface area contributed by atoms with Crippen LogP contribution in [0.1, 0.15) is 5.56 Å². The van der Waals surface area contributed by atoms with Gasteiger partial charge in [-0.15, -0.1) is 0 Å². The van der Waals surface area contributed by atoms with Gasteiger partial charge in [0.05, 0.1) is 5.02 Å². The molecule has 0 atom stereocenters. The van der Waals surface area contributed by atoms with Gasteiger partial charge in [-0.1, -0.05) is 39.7 Å². The number of halogens is 3. The molecule has 0 aliphatic carbocycles. The maximum absolute atomic E-state index is 13.7. The summed E-state index contributed by atoms with van der Waals surface area (Å²) in [6, 6.07) is 10.5. The van der Waals surface area contributed by atoms with Crippen LogP contribution >= 0.6 is 27.5 Å². The van der Waals surface area contributed by atoms with Gasteiger partial charge in [-0.2, -0.15) is 0 Å². The van der Waals surface area contributed by atoms with Crippen molar-refractivity contribution in [1.82, 2.24) is 0 Å². The Hall–Kier alpha value is -0.860. The predicted molar refractivity (Wildman–Crippen MR) is 69.3 cm³/mol. The van der Waals surface area contributed by atoms with E-state index in [1.165, 1.54) is 6.07 Å². The molecule has 0 fully saturated rings. The number of rotatable bonds is 1. The number of benzene rings is 2. The van der Waals surface area contributed by atoms with Crippen LogP contribution in [0.4, 0.5) is 4.39 Å². The van der Waals surface area contributed by atoms with Crippen LogP contribution in [0.2, 0.25) is 5.02 Å². The SMILES string of the molecule is Cc1ccc(Br)cc1-c1c(F)cccc1Cl. The van der Waals surface area contributed by atoms with Gasteiger partial charge in [0.1, 0.15) is 5.82 Å². The molecule has 0 aliphatic rings. The Labute approximate surface area is 107 Å². The van der Waals surface area contributed by atoms with Crippen molar-refractivity contribution < 1.29 is 4.39 Å². The van der Waals surface area contributed by atoms with E-state index in [-0.39, 0.29) is 5.82 Å². The first kappa shape index (κ1) is 11.6. The fraction of sp³-hybridized carbons (Fsp3) is 0.0769. The van der Waals surface area contributed by atoms with Gasteiger partial charge >= 0.3 is 0 Å². The summed E-state index contributed by atoms with van der Waals surface area (Å²) in [6.07, 6.45) is 0. The molecule has 0 saturated carbocycles. The van der Waals surface area contributed by atoms with Crippen molar-refractivity contribution in [2.45, 2.75) is 6.92 Å². The van der Waals surface area contributed by atoms with E-state index in [9.17, 15) is 4.39 Å². The summed E-state index contributed by atoms with van der Waals surface area (Å²) in [5, 5.41) is 0.432. The molecule has 0 bridgehead atoms. The Morgan fingerprint density at radius 3 is 2.62 bits per heavy atom. The van der Waals surface area contributed by atoms with Crippen LogP contribution in [0.15, 0.2) is 40.9 Å². The van der Waals surface area contributed by atoms with E-state index in [1.807, 2.05) is 25.1 Å². The Kier molecular flexibility index (Phi) is 3.31. The molecule has 3 heteroatoms. The van der Waals surface area contributed by atoms with Gasteiger partial charge < -0.3 is 0 Å². The van der Waals surface area contributed by atoms with Crippen molar-refractivity contribution in [2.24, 2.45) is 0 Å². The second kappa shape index (κ2) is 4.56. The number of hydrogen-bond donors (Lipinski definition) is 0. The molecule has 0 nitrogen and oxygen atoms in total. The van der Waals surface area contributed by atoms with Crippen molar-refractivity contribution in [1.29, 1.82) is 0 Å². The molecule has 0 aromatic heterocycles. The molecule has 2 rings (SSSR count). The van der Waals surface area contributed by atoms with Crippen LogP contribution in [0.25, 0.3) is 11.1 Å². The van der Waals surface area contributed by atoms with Gasteiger partial charge in [-0.25, -0.2) is 4.39 Å². The van der Waals surface area contributed by atoms with E-state index < -0.39 is 0 Å². The van der Waals surface area contributed by atoms with E-state index in [4.69, 9.17) is 11.6 Å². The minimum Gasteiger partial charge on any atom is -0.206 e. The van der Waals surface area contributed by atoms with Crippen LogP contribution in [0.5, 0.6) is 0 Å². The summed E-state index contributed by atoms with van der Waals surface area (Å²) < 4.78 is 14.7. The summed E-state index contributed by atoms with van der Waals surface area (Å²) in [5.41, 5.74) is 2.27. The number of aryl methyl sites for hydroxylation is 1.